The van der Waals surface area contributed by atoms with Crippen molar-refractivity contribution in [3.8, 4) is 0 Å². The van der Waals surface area contributed by atoms with Gasteiger partial charge in [0.15, 0.2) is 0 Å². The van der Waals surface area contributed by atoms with Crippen molar-refractivity contribution in [3.05, 3.63) is 71.8 Å². The second kappa shape index (κ2) is 7.70. The lowest BCUT2D eigenvalue weighted by Crippen LogP contribution is -2.69. The molecule has 2 aromatic rings. The monoisotopic (exact) mass is 394 g/mol. The fourth-order valence-corrected chi connectivity index (χ4v) is 3.43. The Morgan fingerprint density at radius 3 is 2.14 bits per heavy atom. The van der Waals surface area contributed by atoms with E-state index in [2.05, 4.69) is 5.32 Å². The van der Waals surface area contributed by atoms with E-state index >= 15 is 0 Å². The number of rotatable bonds is 3. The molecule has 1 aliphatic heterocycles. The van der Waals surface area contributed by atoms with Gasteiger partial charge in [-0.2, -0.15) is 0 Å². The number of amides is 2. The predicted octanol–water partition coefficient (Wildman–Crippen LogP) is 3.10. The lowest BCUT2D eigenvalue weighted by atomic mass is 9.89. The zero-order valence-electron chi connectivity index (χ0n) is 17.1. The number of benzene rings is 2. The van der Waals surface area contributed by atoms with Gasteiger partial charge in [-0.15, -0.1) is 0 Å². The first-order valence-corrected chi connectivity index (χ1v) is 9.58. The molecule has 6 heteroatoms. The number of esters is 1. The molecular weight excluding hydrogens is 368 g/mol. The number of carbonyl (C=O) groups is 3. The Bertz CT molecular complexity index is 905. The fourth-order valence-electron chi connectivity index (χ4n) is 3.43. The Kier molecular flexibility index (Phi) is 5.46. The summed E-state index contributed by atoms with van der Waals surface area (Å²) in [6.45, 7) is 6.90. The summed E-state index contributed by atoms with van der Waals surface area (Å²) >= 11 is 0. The molecule has 29 heavy (non-hydrogen) atoms. The Labute approximate surface area is 170 Å². The second-order valence-electron chi connectivity index (χ2n) is 8.34. The summed E-state index contributed by atoms with van der Waals surface area (Å²) in [5.74, 6) is -1.71. The van der Waals surface area contributed by atoms with E-state index in [-0.39, 0.29) is 6.61 Å². The van der Waals surface area contributed by atoms with Gasteiger partial charge in [0, 0.05) is 11.1 Å². The van der Waals surface area contributed by atoms with Gasteiger partial charge >= 0.3 is 5.97 Å². The topological polar surface area (TPSA) is 75.7 Å². The zero-order valence-corrected chi connectivity index (χ0v) is 17.1. The predicted molar refractivity (Wildman–Crippen MR) is 109 cm³/mol. The van der Waals surface area contributed by atoms with Crippen LogP contribution in [0.1, 0.15) is 49.7 Å². The summed E-state index contributed by atoms with van der Waals surface area (Å²) < 4.78 is 5.42. The Balaban J connectivity index is 2.13. The summed E-state index contributed by atoms with van der Waals surface area (Å²) in [6, 6.07) is 17.4. The molecule has 2 atom stereocenters. The minimum Gasteiger partial charge on any atom is -0.461 e. The molecule has 1 aliphatic rings. The van der Waals surface area contributed by atoms with Crippen LogP contribution in [0.15, 0.2) is 60.7 Å². The van der Waals surface area contributed by atoms with Crippen molar-refractivity contribution in [2.24, 2.45) is 0 Å². The van der Waals surface area contributed by atoms with Gasteiger partial charge in [0.25, 0.3) is 11.8 Å². The Morgan fingerprint density at radius 2 is 1.59 bits per heavy atom. The number of cyclic esters (lactones) is 1. The largest absolute Gasteiger partial charge is 0.461 e. The average Bonchev–Trinajstić information content (AvgIpc) is 2.69. The van der Waals surface area contributed by atoms with Crippen LogP contribution in [-0.2, 0) is 14.3 Å². The van der Waals surface area contributed by atoms with Crippen LogP contribution in [0.3, 0.4) is 0 Å². The van der Waals surface area contributed by atoms with Crippen LogP contribution in [0.25, 0.3) is 0 Å². The van der Waals surface area contributed by atoms with E-state index in [0.29, 0.717) is 5.56 Å². The molecule has 1 saturated heterocycles. The molecular formula is C23H26N2O4. The van der Waals surface area contributed by atoms with Crippen molar-refractivity contribution in [3.63, 3.8) is 0 Å². The van der Waals surface area contributed by atoms with Crippen molar-refractivity contribution in [2.75, 3.05) is 6.61 Å². The van der Waals surface area contributed by atoms with Crippen molar-refractivity contribution in [1.29, 1.82) is 0 Å². The quantitative estimate of drug-likeness (QED) is 0.641. The van der Waals surface area contributed by atoms with Crippen molar-refractivity contribution in [1.82, 2.24) is 10.2 Å². The maximum Gasteiger partial charge on any atom is 0.341 e. The van der Waals surface area contributed by atoms with E-state index in [1.807, 2.05) is 51.1 Å². The lowest BCUT2D eigenvalue weighted by molar-refractivity contribution is -0.174. The molecule has 0 bridgehead atoms. The van der Waals surface area contributed by atoms with Gasteiger partial charge in [0.05, 0.1) is 6.04 Å². The van der Waals surface area contributed by atoms with Gasteiger partial charge < -0.3 is 15.0 Å². The first-order chi connectivity index (χ1) is 13.6. The van der Waals surface area contributed by atoms with Crippen molar-refractivity contribution in [2.45, 2.75) is 44.8 Å². The van der Waals surface area contributed by atoms with Gasteiger partial charge in [0.2, 0.25) is 5.54 Å². The number of hydrogen-bond donors (Lipinski definition) is 1. The van der Waals surface area contributed by atoms with E-state index in [4.69, 9.17) is 4.74 Å². The van der Waals surface area contributed by atoms with E-state index in [0.717, 1.165) is 5.56 Å². The lowest BCUT2D eigenvalue weighted by Gasteiger charge is -2.47. The molecule has 152 valence electrons. The molecule has 1 fully saturated rings. The Hall–Kier alpha value is -3.15. The number of hydrogen-bond acceptors (Lipinski definition) is 4. The SMILES string of the molecule is CC(C)(C)NC(=O)[C@@]1(C)C(=O)OC[C@H](c2ccccc2)N1C(=O)c1ccccc1. The van der Waals surface area contributed by atoms with Crippen LogP contribution in [0, 0.1) is 0 Å². The van der Waals surface area contributed by atoms with Gasteiger partial charge in [-0.05, 0) is 45.4 Å². The third-order valence-corrected chi connectivity index (χ3v) is 4.92. The van der Waals surface area contributed by atoms with E-state index in [1.165, 1.54) is 11.8 Å². The van der Waals surface area contributed by atoms with Crippen LogP contribution in [0.2, 0.25) is 0 Å². The molecule has 2 aromatic carbocycles. The molecule has 0 saturated carbocycles. The summed E-state index contributed by atoms with van der Waals surface area (Å²) in [5, 5.41) is 2.83. The van der Waals surface area contributed by atoms with Gasteiger partial charge in [-0.1, -0.05) is 48.5 Å². The van der Waals surface area contributed by atoms with Crippen LogP contribution >= 0.6 is 0 Å². The smallest absolute Gasteiger partial charge is 0.341 e. The number of ether oxygens (including phenoxy) is 1. The van der Waals surface area contributed by atoms with Crippen LogP contribution in [0.4, 0.5) is 0 Å². The molecule has 0 spiro atoms. The molecule has 0 aliphatic carbocycles. The van der Waals surface area contributed by atoms with Crippen LogP contribution in [0.5, 0.6) is 0 Å². The third-order valence-electron chi connectivity index (χ3n) is 4.92. The van der Waals surface area contributed by atoms with E-state index in [9.17, 15) is 14.4 Å². The highest BCUT2D eigenvalue weighted by molar-refractivity contribution is 6.12. The zero-order chi connectivity index (χ0) is 21.2. The van der Waals surface area contributed by atoms with Crippen molar-refractivity contribution < 1.29 is 19.1 Å². The maximum atomic E-state index is 13.6. The highest BCUT2D eigenvalue weighted by atomic mass is 16.5. The number of morpholine rings is 1. The number of carbonyl (C=O) groups excluding carboxylic acids is 3. The summed E-state index contributed by atoms with van der Waals surface area (Å²) in [7, 11) is 0. The first-order valence-electron chi connectivity index (χ1n) is 9.58. The molecule has 3 rings (SSSR count). The minimum absolute atomic E-state index is 0.0141. The molecule has 0 unspecified atom stereocenters. The molecule has 2 amide bonds. The molecule has 1 heterocycles. The maximum absolute atomic E-state index is 13.6. The molecule has 0 radical (unpaired) electrons. The summed E-state index contributed by atoms with van der Waals surface area (Å²) in [6.07, 6.45) is 0. The molecule has 0 aromatic heterocycles. The minimum atomic E-state index is -1.81. The van der Waals surface area contributed by atoms with Gasteiger partial charge in [-0.25, -0.2) is 4.79 Å². The van der Waals surface area contributed by atoms with E-state index < -0.39 is 34.9 Å². The highest BCUT2D eigenvalue weighted by Crippen LogP contribution is 2.36. The number of nitrogens with one attached hydrogen (secondary N) is 1. The summed E-state index contributed by atoms with van der Waals surface area (Å²) in [5.41, 5.74) is -1.20. The normalized spacial score (nSPS) is 22.0. The standard InChI is InChI=1S/C23H26N2O4/c1-22(2,3)24-20(27)23(4)21(28)29-15-18(16-11-7-5-8-12-16)25(23)19(26)17-13-9-6-10-14-17/h5-14,18H,15H2,1-4H3,(H,24,27)/t18-,23+/m1/s1. The van der Waals surface area contributed by atoms with Crippen molar-refractivity contribution >= 4 is 17.8 Å². The second-order valence-corrected chi connectivity index (χ2v) is 8.34. The van der Waals surface area contributed by atoms with Crippen LogP contribution in [-0.4, -0.2) is 40.4 Å². The summed E-state index contributed by atoms with van der Waals surface area (Å²) in [4.78, 5) is 41.1. The number of nitrogens with zero attached hydrogens (tertiary/aromatic N) is 1. The highest BCUT2D eigenvalue weighted by Gasteiger charge is 2.56. The fraction of sp³-hybridized carbons (Fsp3) is 0.348. The average molecular weight is 394 g/mol. The van der Waals surface area contributed by atoms with Gasteiger partial charge in [0.1, 0.15) is 6.61 Å². The third kappa shape index (κ3) is 4.01. The van der Waals surface area contributed by atoms with Gasteiger partial charge in [-0.3, -0.25) is 9.59 Å². The first kappa shape index (κ1) is 20.6. The molecule has 1 N–H and O–H groups in total. The Morgan fingerprint density at radius 1 is 1.03 bits per heavy atom. The van der Waals surface area contributed by atoms with Crippen LogP contribution < -0.4 is 5.32 Å². The van der Waals surface area contributed by atoms with E-state index in [1.54, 1.807) is 30.3 Å². The molecule has 6 nitrogen and oxygen atoms in total.